The van der Waals surface area contributed by atoms with Crippen molar-refractivity contribution in [2.24, 2.45) is 0 Å². The molecule has 0 spiro atoms. The summed E-state index contributed by atoms with van der Waals surface area (Å²) in [6.07, 6.45) is 1.77. The second kappa shape index (κ2) is 7.28. The number of anilines is 1. The van der Waals surface area contributed by atoms with Crippen LogP contribution in [0.25, 0.3) is 0 Å². The van der Waals surface area contributed by atoms with Crippen molar-refractivity contribution < 1.29 is 9.53 Å². The second-order valence-corrected chi connectivity index (χ2v) is 4.64. The molecule has 2 rings (SSSR count). The molecule has 0 fully saturated rings. The van der Waals surface area contributed by atoms with Crippen LogP contribution in [0, 0.1) is 6.92 Å². The first kappa shape index (κ1) is 14.8. The number of pyridine rings is 1. The van der Waals surface area contributed by atoms with E-state index in [1.807, 2.05) is 43.3 Å². The van der Waals surface area contributed by atoms with Gasteiger partial charge in [-0.25, -0.2) is 0 Å². The van der Waals surface area contributed by atoms with Crippen molar-refractivity contribution in [3.05, 3.63) is 53.9 Å². The summed E-state index contributed by atoms with van der Waals surface area (Å²) in [4.78, 5) is 16.0. The van der Waals surface area contributed by atoms with E-state index in [2.05, 4.69) is 15.6 Å². The molecular formula is C16H19N3O2. The lowest BCUT2D eigenvalue weighted by Crippen LogP contribution is -2.29. The van der Waals surface area contributed by atoms with Crippen LogP contribution in [-0.2, 0) is 11.3 Å². The Balaban J connectivity index is 1.81. The van der Waals surface area contributed by atoms with Crippen molar-refractivity contribution in [2.45, 2.75) is 13.5 Å². The second-order valence-electron chi connectivity index (χ2n) is 4.64. The Bertz CT molecular complexity index is 597. The summed E-state index contributed by atoms with van der Waals surface area (Å²) >= 11 is 0. The number of para-hydroxylation sites is 2. The Morgan fingerprint density at radius 2 is 2.05 bits per heavy atom. The number of rotatable bonds is 6. The van der Waals surface area contributed by atoms with Gasteiger partial charge in [-0.15, -0.1) is 0 Å². The number of carbonyl (C=O) groups is 1. The van der Waals surface area contributed by atoms with Gasteiger partial charge in [-0.05, 0) is 30.7 Å². The van der Waals surface area contributed by atoms with Gasteiger partial charge >= 0.3 is 0 Å². The van der Waals surface area contributed by atoms with Crippen LogP contribution in [0.5, 0.6) is 5.75 Å². The molecule has 0 atom stereocenters. The van der Waals surface area contributed by atoms with Gasteiger partial charge in [-0.3, -0.25) is 9.78 Å². The van der Waals surface area contributed by atoms with Crippen LogP contribution < -0.4 is 15.4 Å². The number of benzene rings is 1. The van der Waals surface area contributed by atoms with E-state index in [4.69, 9.17) is 4.74 Å². The molecule has 0 aliphatic rings. The summed E-state index contributed by atoms with van der Waals surface area (Å²) in [5.41, 5.74) is 2.74. The number of aryl methyl sites for hydroxylation is 1. The van der Waals surface area contributed by atoms with Crippen molar-refractivity contribution in [1.82, 2.24) is 10.3 Å². The number of aromatic nitrogens is 1. The van der Waals surface area contributed by atoms with E-state index in [1.165, 1.54) is 0 Å². The molecule has 1 amide bonds. The van der Waals surface area contributed by atoms with E-state index in [0.29, 0.717) is 12.3 Å². The number of carbonyl (C=O) groups excluding carboxylic acids is 1. The first-order valence-corrected chi connectivity index (χ1v) is 6.74. The van der Waals surface area contributed by atoms with E-state index in [-0.39, 0.29) is 12.5 Å². The fourth-order valence-electron chi connectivity index (χ4n) is 1.83. The van der Waals surface area contributed by atoms with Gasteiger partial charge < -0.3 is 15.4 Å². The lowest BCUT2D eigenvalue weighted by Gasteiger charge is -2.11. The topological polar surface area (TPSA) is 63.2 Å². The molecule has 0 radical (unpaired) electrons. The lowest BCUT2D eigenvalue weighted by molar-refractivity contribution is -0.119. The van der Waals surface area contributed by atoms with Crippen molar-refractivity contribution in [3.8, 4) is 5.75 Å². The molecule has 1 aromatic carbocycles. The fraction of sp³-hybridized carbons (Fsp3) is 0.250. The predicted molar refractivity (Wildman–Crippen MR) is 82.3 cm³/mol. The van der Waals surface area contributed by atoms with Crippen molar-refractivity contribution in [2.75, 3.05) is 19.0 Å². The normalized spacial score (nSPS) is 10.0. The maximum atomic E-state index is 11.8. The SMILES string of the molecule is COc1ccccc1NCC(=O)NCc1ccc(C)nc1. The van der Waals surface area contributed by atoms with Gasteiger partial charge in [0.15, 0.2) is 0 Å². The summed E-state index contributed by atoms with van der Waals surface area (Å²) in [6, 6.07) is 11.4. The minimum atomic E-state index is -0.0820. The summed E-state index contributed by atoms with van der Waals surface area (Å²) in [7, 11) is 1.60. The maximum absolute atomic E-state index is 11.8. The van der Waals surface area contributed by atoms with Crippen LogP contribution in [-0.4, -0.2) is 24.5 Å². The van der Waals surface area contributed by atoms with Crippen LogP contribution in [0.15, 0.2) is 42.6 Å². The Morgan fingerprint density at radius 1 is 1.24 bits per heavy atom. The summed E-state index contributed by atoms with van der Waals surface area (Å²) < 4.78 is 5.22. The first-order valence-electron chi connectivity index (χ1n) is 6.74. The Kier molecular flexibility index (Phi) is 5.15. The van der Waals surface area contributed by atoms with E-state index in [1.54, 1.807) is 13.3 Å². The number of nitrogens with one attached hydrogen (secondary N) is 2. The maximum Gasteiger partial charge on any atom is 0.239 e. The highest BCUT2D eigenvalue weighted by Gasteiger charge is 2.04. The Labute approximate surface area is 124 Å². The Hall–Kier alpha value is -2.56. The highest BCUT2D eigenvalue weighted by molar-refractivity contribution is 5.81. The number of amides is 1. The number of methoxy groups -OCH3 is 1. The third kappa shape index (κ3) is 4.49. The molecule has 0 bridgehead atoms. The standard InChI is InChI=1S/C16H19N3O2/c1-12-7-8-13(9-17-12)10-19-16(20)11-18-14-5-3-4-6-15(14)21-2/h3-9,18H,10-11H2,1-2H3,(H,19,20). The molecule has 2 aromatic rings. The van der Waals surface area contributed by atoms with Crippen molar-refractivity contribution >= 4 is 11.6 Å². The monoisotopic (exact) mass is 285 g/mol. The molecule has 1 heterocycles. The van der Waals surface area contributed by atoms with Crippen LogP contribution in [0.2, 0.25) is 0 Å². The van der Waals surface area contributed by atoms with Crippen molar-refractivity contribution in [1.29, 1.82) is 0 Å². The molecular weight excluding hydrogens is 266 g/mol. The third-order valence-corrected chi connectivity index (χ3v) is 3.01. The zero-order chi connectivity index (χ0) is 15.1. The lowest BCUT2D eigenvalue weighted by atomic mass is 10.2. The smallest absolute Gasteiger partial charge is 0.239 e. The van der Waals surface area contributed by atoms with E-state index >= 15 is 0 Å². The zero-order valence-corrected chi connectivity index (χ0v) is 12.2. The summed E-state index contributed by atoms with van der Waals surface area (Å²) in [5, 5.41) is 5.90. The highest BCUT2D eigenvalue weighted by atomic mass is 16.5. The quantitative estimate of drug-likeness (QED) is 0.853. The molecule has 2 N–H and O–H groups in total. The third-order valence-electron chi connectivity index (χ3n) is 3.01. The summed E-state index contributed by atoms with van der Waals surface area (Å²) in [6.45, 7) is 2.60. The Morgan fingerprint density at radius 3 is 2.76 bits per heavy atom. The fourth-order valence-corrected chi connectivity index (χ4v) is 1.83. The average Bonchev–Trinajstić information content (AvgIpc) is 2.52. The first-order chi connectivity index (χ1) is 10.2. The number of nitrogens with zero attached hydrogens (tertiary/aromatic N) is 1. The molecule has 110 valence electrons. The highest BCUT2D eigenvalue weighted by Crippen LogP contribution is 2.22. The van der Waals surface area contributed by atoms with Crippen LogP contribution in [0.3, 0.4) is 0 Å². The number of ether oxygens (including phenoxy) is 1. The molecule has 0 aliphatic carbocycles. The van der Waals surface area contributed by atoms with Gasteiger partial charge in [0.1, 0.15) is 5.75 Å². The molecule has 0 aliphatic heterocycles. The predicted octanol–water partition coefficient (Wildman–Crippen LogP) is 2.13. The van der Waals surface area contributed by atoms with Gasteiger partial charge in [-0.2, -0.15) is 0 Å². The average molecular weight is 285 g/mol. The van der Waals surface area contributed by atoms with Gasteiger partial charge in [0.25, 0.3) is 0 Å². The number of hydrogen-bond acceptors (Lipinski definition) is 4. The van der Waals surface area contributed by atoms with Crippen LogP contribution >= 0.6 is 0 Å². The van der Waals surface area contributed by atoms with Crippen LogP contribution in [0.1, 0.15) is 11.3 Å². The van der Waals surface area contributed by atoms with Gasteiger partial charge in [0.05, 0.1) is 19.3 Å². The molecule has 1 aromatic heterocycles. The molecule has 5 nitrogen and oxygen atoms in total. The number of hydrogen-bond donors (Lipinski definition) is 2. The van der Waals surface area contributed by atoms with Crippen LogP contribution in [0.4, 0.5) is 5.69 Å². The molecule has 0 saturated heterocycles. The van der Waals surface area contributed by atoms with Crippen molar-refractivity contribution in [3.63, 3.8) is 0 Å². The van der Waals surface area contributed by atoms with E-state index in [0.717, 1.165) is 16.9 Å². The molecule has 0 unspecified atom stereocenters. The molecule has 21 heavy (non-hydrogen) atoms. The summed E-state index contributed by atoms with van der Waals surface area (Å²) in [5.74, 6) is 0.634. The minimum Gasteiger partial charge on any atom is -0.495 e. The van der Waals surface area contributed by atoms with E-state index in [9.17, 15) is 4.79 Å². The van der Waals surface area contributed by atoms with Gasteiger partial charge in [-0.1, -0.05) is 18.2 Å². The molecule has 5 heteroatoms. The van der Waals surface area contributed by atoms with E-state index < -0.39 is 0 Å². The molecule has 0 saturated carbocycles. The minimum absolute atomic E-state index is 0.0820. The van der Waals surface area contributed by atoms with Gasteiger partial charge in [0, 0.05) is 18.4 Å². The van der Waals surface area contributed by atoms with Gasteiger partial charge in [0.2, 0.25) is 5.91 Å². The largest absolute Gasteiger partial charge is 0.495 e. The zero-order valence-electron chi connectivity index (χ0n) is 12.2.